The summed E-state index contributed by atoms with van der Waals surface area (Å²) < 4.78 is 26.5. The van der Waals surface area contributed by atoms with E-state index in [1.54, 1.807) is 11.8 Å². The molecular formula is C12H16N4O5S2. The van der Waals surface area contributed by atoms with E-state index in [4.69, 9.17) is 0 Å². The Morgan fingerprint density at radius 1 is 1.39 bits per heavy atom. The van der Waals surface area contributed by atoms with Crippen molar-refractivity contribution in [3.05, 3.63) is 34.4 Å². The number of para-hydroxylation sites is 1. The van der Waals surface area contributed by atoms with Gasteiger partial charge in [0.2, 0.25) is 15.9 Å². The maximum absolute atomic E-state index is 12.1. The molecule has 3 N–H and O–H groups in total. The summed E-state index contributed by atoms with van der Waals surface area (Å²) in [7, 11) is -4.02. The zero-order valence-corrected chi connectivity index (χ0v) is 13.7. The van der Waals surface area contributed by atoms with Crippen molar-refractivity contribution < 1.29 is 18.1 Å². The Labute approximate surface area is 137 Å². The molecule has 0 bridgehead atoms. The molecule has 0 aromatic heterocycles. The van der Waals surface area contributed by atoms with Crippen LogP contribution >= 0.6 is 11.8 Å². The molecule has 2 rings (SSSR count). The number of nitro groups is 1. The predicted octanol–water partition coefficient (Wildman–Crippen LogP) is -0.348. The Morgan fingerprint density at radius 3 is 2.78 bits per heavy atom. The number of rotatable bonds is 7. The summed E-state index contributed by atoms with van der Waals surface area (Å²) in [5.41, 5.74) is -0.490. The molecule has 1 aromatic carbocycles. The van der Waals surface area contributed by atoms with Gasteiger partial charge in [0.05, 0.1) is 11.0 Å². The van der Waals surface area contributed by atoms with Gasteiger partial charge in [-0.3, -0.25) is 20.2 Å². The molecule has 0 spiro atoms. The van der Waals surface area contributed by atoms with E-state index >= 15 is 0 Å². The highest BCUT2D eigenvalue weighted by Crippen LogP contribution is 2.22. The van der Waals surface area contributed by atoms with E-state index < -0.39 is 25.5 Å². The second-order valence-electron chi connectivity index (χ2n) is 4.69. The van der Waals surface area contributed by atoms with Gasteiger partial charge in [-0.1, -0.05) is 12.1 Å². The number of nitrogens with one attached hydrogen (secondary N) is 3. The molecule has 1 aliphatic rings. The van der Waals surface area contributed by atoms with E-state index in [-0.39, 0.29) is 25.0 Å². The highest BCUT2D eigenvalue weighted by atomic mass is 32.2. The van der Waals surface area contributed by atoms with Crippen molar-refractivity contribution in [1.29, 1.82) is 0 Å². The Hall–Kier alpha value is -1.69. The summed E-state index contributed by atoms with van der Waals surface area (Å²) in [4.78, 5) is 21.5. The first-order chi connectivity index (χ1) is 10.9. The summed E-state index contributed by atoms with van der Waals surface area (Å²) in [5, 5.41) is 16.5. The molecule has 9 nitrogen and oxygen atoms in total. The van der Waals surface area contributed by atoms with E-state index in [0.717, 1.165) is 6.07 Å². The van der Waals surface area contributed by atoms with Crippen LogP contribution in [-0.4, -0.2) is 50.0 Å². The molecule has 11 heteroatoms. The third-order valence-corrected chi connectivity index (χ3v) is 5.55. The number of hydrogen-bond donors (Lipinski definition) is 3. The van der Waals surface area contributed by atoms with Crippen LogP contribution in [0.15, 0.2) is 29.2 Å². The zero-order chi connectivity index (χ0) is 16.9. The number of carbonyl (C=O) groups excluding carboxylic acids is 1. The topological polar surface area (TPSA) is 130 Å². The third-order valence-electron chi connectivity index (χ3n) is 3.10. The molecular weight excluding hydrogens is 344 g/mol. The minimum Gasteiger partial charge on any atom is -0.353 e. The van der Waals surface area contributed by atoms with Gasteiger partial charge in [-0.05, 0) is 6.07 Å². The summed E-state index contributed by atoms with van der Waals surface area (Å²) >= 11 is 1.61. The number of amides is 1. The Morgan fingerprint density at radius 2 is 2.13 bits per heavy atom. The molecule has 1 unspecified atom stereocenters. The Bertz CT molecular complexity index is 688. The first-order valence-corrected chi connectivity index (χ1v) is 9.37. The fourth-order valence-corrected chi connectivity index (χ4v) is 4.11. The van der Waals surface area contributed by atoms with Gasteiger partial charge >= 0.3 is 0 Å². The number of nitrogens with zero attached hydrogens (tertiary/aromatic N) is 1. The number of carbonyl (C=O) groups is 1. The van der Waals surface area contributed by atoms with Crippen molar-refractivity contribution in [3.63, 3.8) is 0 Å². The fourth-order valence-electron chi connectivity index (χ4n) is 1.97. The first-order valence-electron chi connectivity index (χ1n) is 6.74. The number of nitro benzene ring substituents is 1. The zero-order valence-electron chi connectivity index (χ0n) is 12.0. The van der Waals surface area contributed by atoms with Gasteiger partial charge in [0.1, 0.15) is 0 Å². The standard InChI is InChI=1S/C12H16N4O5S2/c17-12(9-7-22-8-14-9)13-5-6-15-23(20,21)11-4-2-1-3-10(11)16(18)19/h1-4,9,14-15H,5-8H2,(H,13,17). The molecule has 0 radical (unpaired) electrons. The fraction of sp³-hybridized carbons (Fsp3) is 0.417. The van der Waals surface area contributed by atoms with Crippen molar-refractivity contribution in [2.45, 2.75) is 10.9 Å². The quantitative estimate of drug-likeness (QED) is 0.344. The van der Waals surface area contributed by atoms with Crippen LogP contribution in [0, 0.1) is 10.1 Å². The molecule has 1 aliphatic heterocycles. The van der Waals surface area contributed by atoms with E-state index in [1.165, 1.54) is 18.2 Å². The minimum atomic E-state index is -4.02. The maximum atomic E-state index is 12.1. The minimum absolute atomic E-state index is 0.0556. The first kappa shape index (κ1) is 17.7. The Balaban J connectivity index is 1.89. The lowest BCUT2D eigenvalue weighted by Crippen LogP contribution is -2.44. The summed E-state index contributed by atoms with van der Waals surface area (Å²) in [5.74, 6) is 1.19. The number of hydrogen-bond acceptors (Lipinski definition) is 7. The molecule has 126 valence electrons. The lowest BCUT2D eigenvalue weighted by atomic mass is 10.3. The van der Waals surface area contributed by atoms with Gasteiger partial charge in [0, 0.05) is 30.8 Å². The average molecular weight is 360 g/mol. The molecule has 1 aromatic rings. The molecule has 1 amide bonds. The van der Waals surface area contributed by atoms with E-state index in [0.29, 0.717) is 11.6 Å². The average Bonchev–Trinajstić information content (AvgIpc) is 3.06. The number of sulfonamides is 1. The van der Waals surface area contributed by atoms with Crippen molar-refractivity contribution in [2.24, 2.45) is 0 Å². The predicted molar refractivity (Wildman–Crippen MR) is 85.5 cm³/mol. The maximum Gasteiger partial charge on any atom is 0.289 e. The van der Waals surface area contributed by atoms with Gasteiger partial charge in [0.25, 0.3) is 5.69 Å². The summed E-state index contributed by atoms with van der Waals surface area (Å²) in [6.07, 6.45) is 0. The van der Waals surface area contributed by atoms with Crippen LogP contribution in [0.4, 0.5) is 5.69 Å². The van der Waals surface area contributed by atoms with Crippen molar-refractivity contribution >= 4 is 33.4 Å². The third kappa shape index (κ3) is 4.64. The van der Waals surface area contributed by atoms with Crippen LogP contribution in [0.5, 0.6) is 0 Å². The molecule has 0 saturated carbocycles. The number of benzene rings is 1. The van der Waals surface area contributed by atoms with Crippen molar-refractivity contribution in [2.75, 3.05) is 24.7 Å². The van der Waals surface area contributed by atoms with E-state index in [9.17, 15) is 23.3 Å². The number of thioether (sulfide) groups is 1. The van der Waals surface area contributed by atoms with Crippen LogP contribution in [0.3, 0.4) is 0 Å². The highest BCUT2D eigenvalue weighted by molar-refractivity contribution is 7.99. The van der Waals surface area contributed by atoms with Crippen molar-refractivity contribution in [1.82, 2.24) is 15.4 Å². The molecule has 23 heavy (non-hydrogen) atoms. The SMILES string of the molecule is O=C(NCCNS(=O)(=O)c1ccccc1[N+](=O)[O-])C1CSCN1. The van der Waals surface area contributed by atoms with Gasteiger partial charge in [0.15, 0.2) is 4.90 Å². The molecule has 1 heterocycles. The summed E-state index contributed by atoms with van der Waals surface area (Å²) in [6.45, 7) is 0.0432. The van der Waals surface area contributed by atoms with Crippen LogP contribution in [0.2, 0.25) is 0 Å². The molecule has 1 saturated heterocycles. The van der Waals surface area contributed by atoms with E-state index in [1.807, 2.05) is 0 Å². The second kappa shape index (κ2) is 7.73. The Kier molecular flexibility index (Phi) is 5.93. The lowest BCUT2D eigenvalue weighted by molar-refractivity contribution is -0.387. The van der Waals surface area contributed by atoms with Crippen LogP contribution < -0.4 is 15.4 Å². The molecule has 1 atom stereocenters. The summed E-state index contributed by atoms with van der Waals surface area (Å²) in [6, 6.07) is 4.82. The monoisotopic (exact) mass is 360 g/mol. The smallest absolute Gasteiger partial charge is 0.289 e. The van der Waals surface area contributed by atoms with Gasteiger partial charge in [-0.15, -0.1) is 11.8 Å². The molecule has 0 aliphatic carbocycles. The lowest BCUT2D eigenvalue weighted by Gasteiger charge is -2.11. The van der Waals surface area contributed by atoms with Crippen LogP contribution in [-0.2, 0) is 14.8 Å². The van der Waals surface area contributed by atoms with Gasteiger partial charge in [-0.25, -0.2) is 13.1 Å². The van der Waals surface area contributed by atoms with Crippen molar-refractivity contribution in [3.8, 4) is 0 Å². The van der Waals surface area contributed by atoms with Crippen LogP contribution in [0.1, 0.15) is 0 Å². The largest absolute Gasteiger partial charge is 0.353 e. The molecule has 1 fully saturated rings. The highest BCUT2D eigenvalue weighted by Gasteiger charge is 2.25. The van der Waals surface area contributed by atoms with Crippen LogP contribution in [0.25, 0.3) is 0 Å². The van der Waals surface area contributed by atoms with E-state index in [2.05, 4.69) is 15.4 Å². The van der Waals surface area contributed by atoms with Gasteiger partial charge in [-0.2, -0.15) is 0 Å². The normalized spacial score (nSPS) is 17.8. The van der Waals surface area contributed by atoms with Gasteiger partial charge < -0.3 is 5.32 Å². The second-order valence-corrected chi connectivity index (χ2v) is 7.45.